The molecular weight excluding hydrogens is 1400 g/mol. The minimum atomic E-state index is -1.68. The lowest BCUT2D eigenvalue weighted by atomic mass is 9.90. The summed E-state index contributed by atoms with van der Waals surface area (Å²) < 4.78 is 0. The van der Waals surface area contributed by atoms with Crippen molar-refractivity contribution in [3.63, 3.8) is 0 Å². The molecule has 21 N–H and O–H groups in total. The van der Waals surface area contributed by atoms with E-state index in [4.69, 9.17) is 28.7 Å². The Morgan fingerprint density at radius 2 is 1.36 bits per heavy atom. The van der Waals surface area contributed by atoms with Gasteiger partial charge in [0.2, 0.25) is 65.0 Å². The summed E-state index contributed by atoms with van der Waals surface area (Å²) in [5.41, 5.74) is 30.0. The van der Waals surface area contributed by atoms with E-state index in [9.17, 15) is 72.2 Å². The highest BCUT2D eigenvalue weighted by Gasteiger charge is 2.42. The van der Waals surface area contributed by atoms with Crippen LogP contribution in [0.2, 0.25) is 0 Å². The maximum Gasteiger partial charge on any atom is 0.253 e. The van der Waals surface area contributed by atoms with Gasteiger partial charge in [0.1, 0.15) is 48.1 Å². The fourth-order valence-electron chi connectivity index (χ4n) is 12.4. The van der Waals surface area contributed by atoms with Crippen molar-refractivity contribution in [2.24, 2.45) is 51.4 Å². The number of hydrogen-bond acceptors (Lipinski definition) is 21. The third-order valence-electron chi connectivity index (χ3n) is 18.2. The summed E-state index contributed by atoms with van der Waals surface area (Å²) in [6.07, 6.45) is 5.96. The third-order valence-corrected chi connectivity index (χ3v) is 20.6. The number of rotatable bonds is 41. The maximum absolute atomic E-state index is 15.0. The summed E-state index contributed by atoms with van der Waals surface area (Å²) in [7, 11) is 0. The number of nitrogens with two attached hydrogens (primary N) is 5. The molecule has 4 heterocycles. The molecule has 12 atom stereocenters. The number of likely N-dealkylation sites (tertiary alicyclic amines) is 2. The Balaban J connectivity index is 1.33. The molecular formula is C69H109N19O15S2. The molecule has 3 aliphatic heterocycles. The number of hydrogen-bond donors (Lipinski definition) is 16. The van der Waals surface area contributed by atoms with Crippen LogP contribution in [0.5, 0.6) is 0 Å². The number of aliphatic hydroxyl groups excluding tert-OH is 1. The number of guanidine groups is 1. The first-order chi connectivity index (χ1) is 50.1. The maximum atomic E-state index is 15.0. The minimum absolute atomic E-state index is 0.00429. The number of carbonyl (C=O) groups is 14. The molecule has 1 aromatic carbocycles. The molecule has 3 fully saturated rings. The first-order valence-corrected chi connectivity index (χ1v) is 38.3. The van der Waals surface area contributed by atoms with Crippen LogP contribution in [-0.2, 0) is 80.0 Å². The highest BCUT2D eigenvalue weighted by atomic mass is 32.2. The predicted octanol–water partition coefficient (Wildman–Crippen LogP) is -2.63. The lowest BCUT2D eigenvalue weighted by molar-refractivity contribution is -0.144. The number of Topliss-reactive ketones (excluding diaryl/α,β-unsaturated/α-hetero) is 2. The number of thioether (sulfide) groups is 2. The van der Waals surface area contributed by atoms with E-state index in [-0.39, 0.29) is 113 Å². The van der Waals surface area contributed by atoms with Gasteiger partial charge in [-0.2, -0.15) is 0 Å². The van der Waals surface area contributed by atoms with Gasteiger partial charge in [0.05, 0.1) is 37.5 Å². The van der Waals surface area contributed by atoms with Crippen molar-refractivity contribution in [2.45, 2.75) is 209 Å². The van der Waals surface area contributed by atoms with Crippen molar-refractivity contribution in [1.82, 2.24) is 67.6 Å². The van der Waals surface area contributed by atoms with Gasteiger partial charge in [-0.15, -0.1) is 23.5 Å². The van der Waals surface area contributed by atoms with Crippen LogP contribution in [0.3, 0.4) is 0 Å². The van der Waals surface area contributed by atoms with Crippen LogP contribution in [0, 0.1) is 17.8 Å². The predicted molar refractivity (Wildman–Crippen MR) is 394 cm³/mol. The topological polar surface area (TPSA) is 545 Å². The Kier molecular flexibility index (Phi) is 37.7. The Morgan fingerprint density at radius 1 is 0.714 bits per heavy atom. The molecule has 34 nitrogen and oxygen atoms in total. The zero-order valence-corrected chi connectivity index (χ0v) is 62.1. The number of unbranched alkanes of at least 4 members (excludes halogenated alkanes) is 2. The zero-order valence-electron chi connectivity index (χ0n) is 60.5. The highest BCUT2D eigenvalue weighted by Crippen LogP contribution is 2.27. The molecule has 582 valence electrons. The fraction of sp³-hybridized carbons (Fsp3) is 0.652. The molecule has 3 saturated heterocycles. The number of aliphatic hydroxyl groups is 1. The molecule has 1 aromatic heterocycles. The van der Waals surface area contributed by atoms with E-state index in [1.54, 1.807) is 13.8 Å². The molecule has 0 spiro atoms. The molecule has 3 aliphatic rings. The van der Waals surface area contributed by atoms with Crippen LogP contribution in [0.4, 0.5) is 0 Å². The third kappa shape index (κ3) is 29.6. The zero-order chi connectivity index (χ0) is 77.1. The lowest BCUT2D eigenvalue weighted by Crippen LogP contribution is -2.60. The molecule has 105 heavy (non-hydrogen) atoms. The Hall–Kier alpha value is -8.74. The van der Waals surface area contributed by atoms with Gasteiger partial charge in [-0.1, -0.05) is 63.9 Å². The normalized spacial score (nSPS) is 20.4. The monoisotopic (exact) mass is 1510 g/mol. The molecule has 5 rings (SSSR count). The van der Waals surface area contributed by atoms with Gasteiger partial charge in [-0.25, -0.2) is 4.98 Å². The van der Waals surface area contributed by atoms with Gasteiger partial charge >= 0.3 is 0 Å². The number of primary amides is 1. The largest absolute Gasteiger partial charge is 0.394 e. The Morgan fingerprint density at radius 3 is 2.00 bits per heavy atom. The smallest absolute Gasteiger partial charge is 0.253 e. The number of aromatic nitrogens is 2. The van der Waals surface area contributed by atoms with Crippen LogP contribution in [-0.4, -0.2) is 230 Å². The van der Waals surface area contributed by atoms with Crippen LogP contribution >= 0.6 is 23.5 Å². The first-order valence-electron chi connectivity index (χ1n) is 36.1. The van der Waals surface area contributed by atoms with Crippen molar-refractivity contribution in [3.8, 4) is 0 Å². The number of carbonyl (C=O) groups excluding carboxylic acids is 14. The second-order valence-corrected chi connectivity index (χ2v) is 29.6. The number of amides is 12. The summed E-state index contributed by atoms with van der Waals surface area (Å²) in [5, 5.41) is 33.1. The average Bonchev–Trinajstić information content (AvgIpc) is 1.76. The summed E-state index contributed by atoms with van der Waals surface area (Å²) in [6.45, 7) is 6.29. The molecule has 36 heteroatoms. The molecule has 0 bridgehead atoms. The molecule has 12 amide bonds. The fourth-order valence-corrected chi connectivity index (χ4v) is 14.6. The molecule has 2 aromatic rings. The number of nitrogens with zero attached hydrogens (tertiary/aromatic N) is 4. The van der Waals surface area contributed by atoms with E-state index in [1.165, 1.54) is 29.2 Å². The summed E-state index contributed by atoms with van der Waals surface area (Å²) in [5.74, 6) is -12.8. The number of aliphatic imine (C=N–C) groups is 1. The summed E-state index contributed by atoms with van der Waals surface area (Å²) >= 11 is 1.87. The van der Waals surface area contributed by atoms with E-state index >= 15 is 0 Å². The van der Waals surface area contributed by atoms with Crippen LogP contribution in [0.15, 0.2) is 47.8 Å². The average molecular weight is 1510 g/mol. The SMILES string of the molecule is CCCC[C@H](NC(=O)[C@H]1CCCN1C(=O)CNC(=O)[C@@H](CCCCN)NC(=O)[C@@H]1NC(=O)[C@@H](CO)NC(=O)[C@H](CC(C)C)NC(=O)[C@@H](NC(=O)[C@@H]2CCCN2C(=O)[C@H](CCCN=C(N)N)CC(=O)[C@H](CCC(N)=O)NC(=O)[C@@H](CC(=O)[C@H](C)N)Cc2cnc[nH]2)CSCS1)C(=O)NCCc1ccccc1. The van der Waals surface area contributed by atoms with Crippen molar-refractivity contribution < 1.29 is 72.2 Å². The van der Waals surface area contributed by atoms with E-state index in [1.807, 2.05) is 37.3 Å². The number of H-pyrrole nitrogens is 1. The number of aromatic amines is 1. The first kappa shape index (κ1) is 86.9. The van der Waals surface area contributed by atoms with E-state index in [2.05, 4.69) is 62.8 Å². The summed E-state index contributed by atoms with van der Waals surface area (Å²) in [4.78, 5) is 209. The molecule has 0 radical (unpaired) electrons. The van der Waals surface area contributed by atoms with E-state index in [0.717, 1.165) is 35.5 Å². The number of imidazole rings is 1. The van der Waals surface area contributed by atoms with Crippen molar-refractivity contribution in [2.75, 3.05) is 56.7 Å². The van der Waals surface area contributed by atoms with E-state index < -0.39 is 168 Å². The van der Waals surface area contributed by atoms with Crippen molar-refractivity contribution in [3.05, 3.63) is 54.1 Å². The van der Waals surface area contributed by atoms with Crippen LogP contribution < -0.4 is 76.5 Å². The summed E-state index contributed by atoms with van der Waals surface area (Å²) in [6, 6.07) is -1.45. The lowest BCUT2D eigenvalue weighted by Gasteiger charge is -2.31. The molecule has 0 saturated carbocycles. The van der Waals surface area contributed by atoms with Crippen molar-refractivity contribution in [1.29, 1.82) is 0 Å². The Labute approximate surface area is 620 Å². The quantitative estimate of drug-likeness (QED) is 0.0184. The standard InChI is InChI=1S/C69H109N19O15S2/c1-5-6-18-47(59(95)76-27-24-42-15-8-7-9-16-42)81-64(100)52-20-13-28-87(52)57(93)35-78-60(96)48(19-10-11-25-70)82-66(102)67-86-62(98)50(36-89)84-61(97)49(30-40(2)3)83-63(99)51(37-104-39-105-67)85-65(101)53-21-14-29-88(53)68(103)43(17-12-26-77-69(73)74)32-55(91)46(22-23-56(72)92)80-58(94)44(33-54(90)41(4)71)31-45-34-75-38-79-45/h7-9,15-16,34,38,40-41,43-44,46-53,67,89H,5-6,10-14,17-33,35-37,39,70-71H2,1-4H3,(H2,72,92)(H,75,79)(H,76,95)(H,78,96)(H,80,94)(H,81,100)(H,82,102)(H,83,99)(H,84,97)(H,85,101)(H,86,98)(H4,73,74,77)/t41-,43+,44+,46-,47-,48+,49-,50+,51-,52+,53-,67+/m0/s1. The van der Waals surface area contributed by atoms with Gasteiger partial charge in [0, 0.05) is 80.5 Å². The van der Waals surface area contributed by atoms with Gasteiger partial charge in [0.15, 0.2) is 17.1 Å². The molecule has 0 unspecified atom stereocenters. The van der Waals surface area contributed by atoms with Gasteiger partial charge in [0.25, 0.3) is 5.91 Å². The molecule has 0 aliphatic carbocycles. The van der Waals surface area contributed by atoms with Crippen molar-refractivity contribution >= 4 is 112 Å². The van der Waals surface area contributed by atoms with Gasteiger partial charge in [-0.3, -0.25) is 72.1 Å². The van der Waals surface area contributed by atoms with Crippen LogP contribution in [0.25, 0.3) is 0 Å². The number of nitrogens with one attached hydrogen (secondary N) is 10. The second-order valence-electron chi connectivity index (χ2n) is 27.1. The van der Waals surface area contributed by atoms with E-state index in [0.29, 0.717) is 63.6 Å². The number of benzene rings is 1. The minimum Gasteiger partial charge on any atom is -0.394 e. The second kappa shape index (κ2) is 45.6. The Bertz CT molecular complexity index is 3270. The number of ketones is 2. The van der Waals surface area contributed by atoms with Gasteiger partial charge < -0.3 is 96.4 Å². The van der Waals surface area contributed by atoms with Crippen LogP contribution in [0.1, 0.15) is 148 Å². The van der Waals surface area contributed by atoms with Gasteiger partial charge in [-0.05, 0) is 108 Å². The highest BCUT2D eigenvalue weighted by molar-refractivity contribution is 8.16.